The Morgan fingerprint density at radius 2 is 1.70 bits per heavy atom. The number of pyridine rings is 2. The monoisotopic (exact) mass is 922 g/mol. The van der Waals surface area contributed by atoms with E-state index in [4.69, 9.17) is 0 Å². The van der Waals surface area contributed by atoms with Gasteiger partial charge in [0.2, 0.25) is 23.6 Å². The summed E-state index contributed by atoms with van der Waals surface area (Å²) in [5, 5.41) is 29.2. The third-order valence-electron chi connectivity index (χ3n) is 13.2. The molecule has 8 rings (SSSR count). The molecule has 0 unspecified atom stereocenters. The van der Waals surface area contributed by atoms with E-state index in [2.05, 4.69) is 37.0 Å². The lowest BCUT2D eigenvalue weighted by atomic mass is 9.85. The number of anilines is 3. The second kappa shape index (κ2) is 18.7. The summed E-state index contributed by atoms with van der Waals surface area (Å²) in [5.74, 6) is -4.18. The molecule has 66 heavy (non-hydrogen) atoms. The summed E-state index contributed by atoms with van der Waals surface area (Å²) in [5.41, 5.74) is 5.18. The number of nitrogens with zero attached hydrogens (tertiary/aromatic N) is 7. The third-order valence-corrected chi connectivity index (χ3v) is 14.2. The van der Waals surface area contributed by atoms with Crippen LogP contribution in [0.15, 0.2) is 60.2 Å². The molecule has 0 radical (unpaired) electrons. The molecule has 348 valence electrons. The van der Waals surface area contributed by atoms with Crippen LogP contribution < -0.4 is 20.9 Å². The van der Waals surface area contributed by atoms with Crippen molar-refractivity contribution < 1.29 is 33.1 Å². The molecular formula is C48H56F2N10O5S. The highest BCUT2D eigenvalue weighted by Gasteiger charge is 2.52. The van der Waals surface area contributed by atoms with Crippen LogP contribution in [0, 0.1) is 35.5 Å². The smallest absolute Gasteiger partial charge is 0.266 e. The van der Waals surface area contributed by atoms with Crippen LogP contribution >= 0.6 is 11.3 Å². The van der Waals surface area contributed by atoms with Crippen molar-refractivity contribution in [1.29, 1.82) is 5.26 Å². The molecule has 4 amide bonds. The van der Waals surface area contributed by atoms with Gasteiger partial charge in [0.25, 0.3) is 5.92 Å². The predicted octanol–water partition coefficient (Wildman–Crippen LogP) is 6.08. The Balaban J connectivity index is 0.875. The number of nitrogens with one attached hydrogen (secondary N) is 3. The van der Waals surface area contributed by atoms with Crippen LogP contribution in [0.1, 0.15) is 94.1 Å². The van der Waals surface area contributed by atoms with E-state index in [0.717, 1.165) is 27.3 Å². The molecule has 4 aliphatic rings. The van der Waals surface area contributed by atoms with Crippen molar-refractivity contribution in [3.8, 4) is 16.5 Å². The summed E-state index contributed by atoms with van der Waals surface area (Å²) in [6.45, 7) is 9.82. The maximum atomic E-state index is 14.3. The number of aliphatic hydroxyl groups is 1. The summed E-state index contributed by atoms with van der Waals surface area (Å²) >= 11 is 1.56. The number of rotatable bonds is 12. The minimum Gasteiger partial charge on any atom is -0.391 e. The minimum absolute atomic E-state index is 0.00150. The van der Waals surface area contributed by atoms with Crippen LogP contribution in [0.4, 0.5) is 26.2 Å². The second-order valence-corrected chi connectivity index (χ2v) is 20.1. The van der Waals surface area contributed by atoms with Gasteiger partial charge in [-0.2, -0.15) is 5.26 Å². The van der Waals surface area contributed by atoms with Gasteiger partial charge in [-0.3, -0.25) is 19.2 Å². The fourth-order valence-corrected chi connectivity index (χ4v) is 10.1. The summed E-state index contributed by atoms with van der Waals surface area (Å²) in [6.07, 6.45) is 1.92. The van der Waals surface area contributed by atoms with Crippen molar-refractivity contribution in [1.82, 2.24) is 35.4 Å². The van der Waals surface area contributed by atoms with Crippen molar-refractivity contribution in [2.24, 2.45) is 17.3 Å². The van der Waals surface area contributed by atoms with E-state index in [9.17, 15) is 38.3 Å². The van der Waals surface area contributed by atoms with Crippen molar-refractivity contribution in [3.63, 3.8) is 0 Å². The highest BCUT2D eigenvalue weighted by atomic mass is 32.1. The van der Waals surface area contributed by atoms with Gasteiger partial charge in [-0.05, 0) is 85.4 Å². The number of halogens is 2. The highest BCUT2D eigenvalue weighted by molar-refractivity contribution is 7.13. The van der Waals surface area contributed by atoms with E-state index in [0.29, 0.717) is 55.4 Å². The first-order chi connectivity index (χ1) is 31.4. The number of aromatic nitrogens is 3. The van der Waals surface area contributed by atoms with Crippen LogP contribution in [0.25, 0.3) is 10.4 Å². The van der Waals surface area contributed by atoms with Crippen LogP contribution in [0.2, 0.25) is 0 Å². The summed E-state index contributed by atoms with van der Waals surface area (Å²) in [7, 11) is 0. The molecule has 4 fully saturated rings. The van der Waals surface area contributed by atoms with E-state index in [1.165, 1.54) is 11.1 Å². The lowest BCUT2D eigenvalue weighted by Crippen LogP contribution is -2.58. The van der Waals surface area contributed by atoms with E-state index >= 15 is 0 Å². The topological polar surface area (TPSA) is 197 Å². The number of aliphatic hydroxyl groups excluding tert-OH is 1. The number of thiazole rings is 1. The van der Waals surface area contributed by atoms with Crippen molar-refractivity contribution in [2.45, 2.75) is 103 Å². The van der Waals surface area contributed by atoms with Gasteiger partial charge < -0.3 is 35.8 Å². The Labute approximate surface area is 387 Å². The summed E-state index contributed by atoms with van der Waals surface area (Å²) in [6, 6.07) is 14.5. The van der Waals surface area contributed by atoms with Gasteiger partial charge in [-0.1, -0.05) is 45.0 Å². The lowest BCUT2D eigenvalue weighted by Gasteiger charge is -2.35. The zero-order valence-electron chi connectivity index (χ0n) is 37.8. The number of hydrogen-bond donors (Lipinski definition) is 4. The molecule has 15 nitrogen and oxygen atoms in total. The molecule has 1 aliphatic carbocycles. The Morgan fingerprint density at radius 3 is 2.35 bits per heavy atom. The molecule has 3 aliphatic heterocycles. The number of likely N-dealkylation sites (tertiary alicyclic amines) is 2. The first-order valence-corrected chi connectivity index (χ1v) is 23.4. The zero-order valence-corrected chi connectivity index (χ0v) is 38.6. The molecule has 18 heteroatoms. The van der Waals surface area contributed by atoms with Crippen molar-refractivity contribution in [2.75, 3.05) is 42.9 Å². The van der Waals surface area contributed by atoms with E-state index in [1.807, 2.05) is 71.0 Å². The first kappa shape index (κ1) is 46.5. The minimum atomic E-state index is -2.82. The normalized spacial score (nSPS) is 22.6. The number of piperidine rings is 1. The molecule has 4 aromatic rings. The van der Waals surface area contributed by atoms with Crippen molar-refractivity contribution >= 4 is 52.4 Å². The predicted molar refractivity (Wildman–Crippen MR) is 245 cm³/mol. The zero-order chi connectivity index (χ0) is 47.1. The molecule has 3 aromatic heterocycles. The molecule has 6 heterocycles. The fraction of sp³-hybridized carbons (Fsp3) is 0.500. The third kappa shape index (κ3) is 10.3. The fourth-order valence-electron chi connectivity index (χ4n) is 9.32. The summed E-state index contributed by atoms with van der Waals surface area (Å²) in [4.78, 5) is 74.8. The number of nitriles is 1. The van der Waals surface area contributed by atoms with Crippen LogP contribution in [-0.4, -0.2) is 110 Å². The van der Waals surface area contributed by atoms with Gasteiger partial charge in [0, 0.05) is 45.2 Å². The van der Waals surface area contributed by atoms with E-state index in [-0.39, 0.29) is 43.8 Å². The average Bonchev–Trinajstić information content (AvgIpc) is 3.59. The number of carbonyl (C=O) groups is 4. The number of carbonyl (C=O) groups excluding carboxylic acids is 4. The summed E-state index contributed by atoms with van der Waals surface area (Å²) < 4.78 is 28.6. The molecule has 6 atom stereocenters. The van der Waals surface area contributed by atoms with Crippen LogP contribution in [0.5, 0.6) is 0 Å². The number of benzene rings is 1. The van der Waals surface area contributed by atoms with Gasteiger partial charge in [0.1, 0.15) is 29.5 Å². The Morgan fingerprint density at radius 1 is 0.955 bits per heavy atom. The number of amides is 4. The van der Waals surface area contributed by atoms with E-state index in [1.54, 1.807) is 38.8 Å². The lowest BCUT2D eigenvalue weighted by molar-refractivity contribution is -0.144. The maximum Gasteiger partial charge on any atom is 0.266 e. The second-order valence-electron chi connectivity index (χ2n) is 19.2. The number of aryl methyl sites for hydroxylation is 1. The van der Waals surface area contributed by atoms with Gasteiger partial charge in [-0.25, -0.2) is 23.7 Å². The Kier molecular flexibility index (Phi) is 13.1. The van der Waals surface area contributed by atoms with E-state index < -0.39 is 65.6 Å². The number of hydrogen-bond acceptors (Lipinski definition) is 12. The van der Waals surface area contributed by atoms with Gasteiger partial charge in [0.15, 0.2) is 0 Å². The molecule has 0 bridgehead atoms. The molecule has 1 aromatic carbocycles. The molecular weight excluding hydrogens is 867 g/mol. The van der Waals surface area contributed by atoms with Crippen LogP contribution in [-0.2, 0) is 19.2 Å². The quantitative estimate of drug-likeness (QED) is 0.129. The average molecular weight is 923 g/mol. The van der Waals surface area contributed by atoms with Crippen LogP contribution in [0.3, 0.4) is 0 Å². The molecule has 0 spiro atoms. The largest absolute Gasteiger partial charge is 0.391 e. The SMILES string of the molecule is Cc1ncsc1-c1ccc([C@H](C)NC(=O)[C@@H]2C[C@@H](O)CN2C(=O)[C@@H](NC(=O)[C@H]2C[C@H]2C(=O)N2CCC(c3cc(Nc4cc(C#N)ccn4)nc(N4CCC(F)(F)C4)c3)CC2)C(C)(C)C)cc1. The Hall–Kier alpha value is -6.06. The maximum absolute atomic E-state index is 14.3. The molecule has 4 N–H and O–H groups in total. The van der Waals surface area contributed by atoms with Gasteiger partial charge in [0.05, 0.1) is 58.2 Å². The molecule has 1 saturated carbocycles. The first-order valence-electron chi connectivity index (χ1n) is 22.5. The molecule has 3 saturated heterocycles. The van der Waals surface area contributed by atoms with Gasteiger partial charge in [-0.15, -0.1) is 11.3 Å². The highest BCUT2D eigenvalue weighted by Crippen LogP contribution is 2.43. The standard InChI is InChI=1S/C48H56F2N10O5S/c1-27(30-6-8-32(9-7-30)41-28(2)53-26-66-41)54-44(63)37-21-34(61)24-60(37)46(65)42(47(3,4)5)57-43(62)35-22-36(35)45(64)58-15-11-31(12-16-58)33-19-39(55-38-18-29(23-51)10-14-52-38)56-40(20-33)59-17-13-48(49,50)25-59/h6-10,14,18-20,26-27,31,34-37,42,61H,11-13,15-17,21-22,24-25H2,1-5H3,(H,54,63)(H,57,62)(H,52,55,56)/t27-,34+,35-,36+,37-,42+/m0/s1. The Bertz CT molecular complexity index is 2520. The number of alkyl halides is 2. The number of β-amino-alcohol motifs (C(OH)–C–C–N with tert-alkyl or cyclic N) is 1. The van der Waals surface area contributed by atoms with Gasteiger partial charge >= 0.3 is 0 Å². The van der Waals surface area contributed by atoms with Crippen molar-refractivity contribution in [3.05, 3.63) is 82.6 Å².